The van der Waals surface area contributed by atoms with E-state index in [1.807, 2.05) is 30.3 Å². The zero-order chi connectivity index (χ0) is 18.6. The highest BCUT2D eigenvalue weighted by Crippen LogP contribution is 2.13. The summed E-state index contributed by atoms with van der Waals surface area (Å²) in [6.45, 7) is 4.43. The van der Waals surface area contributed by atoms with Crippen molar-refractivity contribution in [2.24, 2.45) is 0 Å². The maximum atomic E-state index is 9.47. The summed E-state index contributed by atoms with van der Waals surface area (Å²) in [5.74, 6) is 0.884. The summed E-state index contributed by atoms with van der Waals surface area (Å²) in [5, 5.41) is 18.7. The van der Waals surface area contributed by atoms with Crippen molar-refractivity contribution in [3.8, 4) is 5.75 Å². The number of nitrogens with zero attached hydrogens (tertiary/aromatic N) is 1. The first kappa shape index (κ1) is 23.4. The second-order valence-corrected chi connectivity index (χ2v) is 6.53. The number of aryl methyl sites for hydroxylation is 1. The number of ether oxygens (including phenoxy) is 1. The molecule has 0 fully saturated rings. The summed E-state index contributed by atoms with van der Waals surface area (Å²) in [7, 11) is 0. The molecule has 2 N–H and O–H groups in total. The van der Waals surface area contributed by atoms with Gasteiger partial charge in [-0.2, -0.15) is 0 Å². The van der Waals surface area contributed by atoms with Gasteiger partial charge in [0.25, 0.3) is 0 Å². The minimum atomic E-state index is 0. The molecule has 0 aliphatic rings. The Balaban J connectivity index is 0.00000364. The number of para-hydroxylation sites is 1. The van der Waals surface area contributed by atoms with E-state index in [4.69, 9.17) is 4.74 Å². The van der Waals surface area contributed by atoms with Gasteiger partial charge in [-0.15, -0.1) is 12.4 Å². The molecule has 27 heavy (non-hydrogen) atoms. The number of rotatable bonds is 12. The molecule has 0 bridgehead atoms. The van der Waals surface area contributed by atoms with E-state index < -0.39 is 0 Å². The fraction of sp³-hybridized carbons (Fsp3) is 0.455. The van der Waals surface area contributed by atoms with Gasteiger partial charge in [0.05, 0.1) is 13.2 Å². The van der Waals surface area contributed by atoms with Crippen LogP contribution in [0.2, 0.25) is 0 Å². The van der Waals surface area contributed by atoms with Crippen LogP contribution in [0.15, 0.2) is 54.6 Å². The third-order valence-corrected chi connectivity index (χ3v) is 4.67. The monoisotopic (exact) mass is 393 g/mol. The second-order valence-electron chi connectivity index (χ2n) is 6.53. The molecule has 1 atom stereocenters. The zero-order valence-corrected chi connectivity index (χ0v) is 16.9. The standard InChI is InChI=1S/C22H31NO3.ClH/c1-2-21(17-25)23(15-16-24)14-6-7-19-10-12-20(13-11-19)18-26-22-8-4-3-5-9-22;/h3-5,8-13,21,24-25H,2,6-7,14-18H2,1H3;1H. The van der Waals surface area contributed by atoms with Gasteiger partial charge in [0, 0.05) is 12.6 Å². The Morgan fingerprint density at radius 3 is 2.19 bits per heavy atom. The Hall–Kier alpha value is -1.59. The number of aliphatic hydroxyl groups excluding tert-OH is 2. The first-order valence-electron chi connectivity index (χ1n) is 9.48. The number of aliphatic hydroxyl groups is 2. The van der Waals surface area contributed by atoms with Crippen molar-refractivity contribution in [1.29, 1.82) is 0 Å². The van der Waals surface area contributed by atoms with Crippen molar-refractivity contribution in [3.05, 3.63) is 65.7 Å². The Morgan fingerprint density at radius 2 is 1.59 bits per heavy atom. The van der Waals surface area contributed by atoms with Crippen molar-refractivity contribution in [3.63, 3.8) is 0 Å². The summed E-state index contributed by atoms with van der Waals surface area (Å²) in [5.41, 5.74) is 2.46. The van der Waals surface area contributed by atoms with Crippen molar-refractivity contribution >= 4 is 12.4 Å². The highest BCUT2D eigenvalue weighted by molar-refractivity contribution is 5.85. The third-order valence-electron chi connectivity index (χ3n) is 4.67. The van der Waals surface area contributed by atoms with Gasteiger partial charge in [0.1, 0.15) is 12.4 Å². The number of hydrogen-bond acceptors (Lipinski definition) is 4. The van der Waals surface area contributed by atoms with Gasteiger partial charge < -0.3 is 14.9 Å². The molecule has 4 nitrogen and oxygen atoms in total. The summed E-state index contributed by atoms with van der Waals surface area (Å²) in [6.07, 6.45) is 2.90. The minimum Gasteiger partial charge on any atom is -0.489 e. The topological polar surface area (TPSA) is 52.9 Å². The Labute approximate surface area is 169 Å². The molecule has 2 aromatic rings. The Bertz CT molecular complexity index is 603. The predicted octanol–water partition coefficient (Wildman–Crippen LogP) is 3.69. The van der Waals surface area contributed by atoms with Crippen LogP contribution >= 0.6 is 12.4 Å². The van der Waals surface area contributed by atoms with Crippen LogP contribution in [0.1, 0.15) is 30.9 Å². The first-order valence-corrected chi connectivity index (χ1v) is 9.48. The summed E-state index contributed by atoms with van der Waals surface area (Å²) >= 11 is 0. The smallest absolute Gasteiger partial charge is 0.119 e. The summed E-state index contributed by atoms with van der Waals surface area (Å²) in [4.78, 5) is 2.18. The molecule has 0 saturated heterocycles. The summed E-state index contributed by atoms with van der Waals surface area (Å²) < 4.78 is 5.77. The lowest BCUT2D eigenvalue weighted by molar-refractivity contribution is 0.0980. The SMILES string of the molecule is CCC(CO)N(CCO)CCCc1ccc(COc2ccccc2)cc1.Cl. The van der Waals surface area contributed by atoms with Crippen LogP contribution in [0.3, 0.4) is 0 Å². The average molecular weight is 394 g/mol. The molecule has 150 valence electrons. The van der Waals surface area contributed by atoms with Gasteiger partial charge in [0.15, 0.2) is 0 Å². The largest absolute Gasteiger partial charge is 0.489 e. The Morgan fingerprint density at radius 1 is 0.926 bits per heavy atom. The number of halogens is 1. The highest BCUT2D eigenvalue weighted by Gasteiger charge is 2.14. The molecule has 0 saturated carbocycles. The van der Waals surface area contributed by atoms with Crippen LogP contribution in [0, 0.1) is 0 Å². The first-order chi connectivity index (χ1) is 12.8. The van der Waals surface area contributed by atoms with E-state index >= 15 is 0 Å². The molecule has 2 rings (SSSR count). The fourth-order valence-corrected chi connectivity index (χ4v) is 3.08. The van der Waals surface area contributed by atoms with Crippen LogP contribution in [0.25, 0.3) is 0 Å². The highest BCUT2D eigenvalue weighted by atomic mass is 35.5. The average Bonchev–Trinajstić information content (AvgIpc) is 2.69. The molecule has 0 radical (unpaired) electrons. The van der Waals surface area contributed by atoms with Crippen molar-refractivity contribution in [2.75, 3.05) is 26.3 Å². The Kier molecular flexibility index (Phi) is 11.8. The molecular weight excluding hydrogens is 362 g/mol. The molecular formula is C22H32ClNO3. The summed E-state index contributed by atoms with van der Waals surface area (Å²) in [6, 6.07) is 18.5. The number of benzene rings is 2. The van der Waals surface area contributed by atoms with Gasteiger partial charge in [-0.25, -0.2) is 0 Å². The minimum absolute atomic E-state index is 0. The lowest BCUT2D eigenvalue weighted by atomic mass is 10.1. The zero-order valence-electron chi connectivity index (χ0n) is 16.1. The second kappa shape index (κ2) is 13.6. The molecule has 1 unspecified atom stereocenters. The van der Waals surface area contributed by atoms with E-state index in [9.17, 15) is 10.2 Å². The van der Waals surface area contributed by atoms with E-state index in [2.05, 4.69) is 36.1 Å². The lowest BCUT2D eigenvalue weighted by Crippen LogP contribution is -2.40. The van der Waals surface area contributed by atoms with Crippen LogP contribution in [-0.4, -0.2) is 47.5 Å². The van der Waals surface area contributed by atoms with E-state index in [1.54, 1.807) is 0 Å². The normalized spacial score (nSPS) is 11.9. The van der Waals surface area contributed by atoms with Crippen LogP contribution in [0.4, 0.5) is 0 Å². The maximum absolute atomic E-state index is 9.47. The lowest BCUT2D eigenvalue weighted by Gasteiger charge is -2.29. The van der Waals surface area contributed by atoms with Gasteiger partial charge in [-0.3, -0.25) is 4.90 Å². The van der Waals surface area contributed by atoms with Crippen LogP contribution < -0.4 is 4.74 Å². The maximum Gasteiger partial charge on any atom is 0.119 e. The molecule has 0 aromatic heterocycles. The molecule has 0 amide bonds. The molecule has 0 heterocycles. The quantitative estimate of drug-likeness (QED) is 0.577. The van der Waals surface area contributed by atoms with Crippen molar-refractivity contribution in [1.82, 2.24) is 4.90 Å². The van der Waals surface area contributed by atoms with E-state index in [1.165, 1.54) is 5.56 Å². The molecule has 0 aliphatic carbocycles. The molecule has 0 spiro atoms. The van der Waals surface area contributed by atoms with E-state index in [0.29, 0.717) is 13.2 Å². The van der Waals surface area contributed by atoms with Gasteiger partial charge in [-0.1, -0.05) is 49.4 Å². The molecule has 5 heteroatoms. The van der Waals surface area contributed by atoms with E-state index in [0.717, 1.165) is 37.1 Å². The van der Waals surface area contributed by atoms with Gasteiger partial charge in [-0.05, 0) is 49.1 Å². The van der Waals surface area contributed by atoms with Gasteiger partial charge >= 0.3 is 0 Å². The number of hydrogen-bond donors (Lipinski definition) is 2. The molecule has 0 aliphatic heterocycles. The van der Waals surface area contributed by atoms with E-state index in [-0.39, 0.29) is 31.7 Å². The van der Waals surface area contributed by atoms with Crippen molar-refractivity contribution < 1.29 is 14.9 Å². The fourth-order valence-electron chi connectivity index (χ4n) is 3.08. The van der Waals surface area contributed by atoms with Gasteiger partial charge in [0.2, 0.25) is 0 Å². The third kappa shape index (κ3) is 8.31. The predicted molar refractivity (Wildman–Crippen MR) is 113 cm³/mol. The van der Waals surface area contributed by atoms with Crippen LogP contribution in [0.5, 0.6) is 5.75 Å². The van der Waals surface area contributed by atoms with Crippen molar-refractivity contribution in [2.45, 2.75) is 38.8 Å². The molecule has 2 aromatic carbocycles. The van der Waals surface area contributed by atoms with Crippen LogP contribution in [-0.2, 0) is 13.0 Å².